The number of hydrogen-bond donors (Lipinski definition) is 0. The molecule has 0 bridgehead atoms. The number of alkyl halides is 1. The van der Waals surface area contributed by atoms with Crippen LogP contribution < -0.4 is 0 Å². The lowest BCUT2D eigenvalue weighted by atomic mass is 9.99. The summed E-state index contributed by atoms with van der Waals surface area (Å²) in [6, 6.07) is 15.6. The van der Waals surface area contributed by atoms with Crippen LogP contribution >= 0.6 is 11.6 Å². The van der Waals surface area contributed by atoms with Gasteiger partial charge in [-0.3, -0.25) is 4.79 Å². The van der Waals surface area contributed by atoms with Crippen molar-refractivity contribution in [3.05, 3.63) is 59.7 Å². The fourth-order valence-electron chi connectivity index (χ4n) is 1.70. The van der Waals surface area contributed by atoms with Crippen LogP contribution in [0.4, 0.5) is 0 Å². The zero-order chi connectivity index (χ0) is 11.4. The minimum Gasteiger partial charge on any atom is -0.298 e. The lowest BCUT2D eigenvalue weighted by Gasteiger charge is -2.07. The van der Waals surface area contributed by atoms with E-state index in [0.717, 1.165) is 23.0 Å². The zero-order valence-electron chi connectivity index (χ0n) is 8.69. The van der Waals surface area contributed by atoms with Crippen molar-refractivity contribution in [3.63, 3.8) is 0 Å². The van der Waals surface area contributed by atoms with E-state index in [9.17, 15) is 4.79 Å². The molecule has 16 heavy (non-hydrogen) atoms. The topological polar surface area (TPSA) is 17.1 Å². The van der Waals surface area contributed by atoms with E-state index in [-0.39, 0.29) is 0 Å². The second kappa shape index (κ2) is 4.95. The van der Waals surface area contributed by atoms with Gasteiger partial charge in [-0.2, -0.15) is 0 Å². The molecule has 2 aromatic carbocycles. The van der Waals surface area contributed by atoms with E-state index < -0.39 is 0 Å². The number of carbonyl (C=O) groups excluding carboxylic acids is 1. The largest absolute Gasteiger partial charge is 0.298 e. The Bertz CT molecular complexity index is 491. The van der Waals surface area contributed by atoms with Gasteiger partial charge in [0.15, 0.2) is 0 Å². The molecule has 0 N–H and O–H groups in total. The molecule has 0 radical (unpaired) electrons. The standard InChI is InChI=1S/C14H11ClO/c15-9-13-8-11(10-16)6-7-14(13)12-4-2-1-3-5-12/h1-8,10H,9H2. The molecule has 0 saturated carbocycles. The minimum atomic E-state index is 0.409. The van der Waals surface area contributed by atoms with Gasteiger partial charge in [-0.05, 0) is 22.8 Å². The van der Waals surface area contributed by atoms with E-state index in [2.05, 4.69) is 0 Å². The molecule has 0 spiro atoms. The number of hydrogen-bond acceptors (Lipinski definition) is 1. The van der Waals surface area contributed by atoms with Crippen molar-refractivity contribution in [1.82, 2.24) is 0 Å². The first-order valence-electron chi connectivity index (χ1n) is 5.04. The number of carbonyl (C=O) groups is 1. The Morgan fingerprint density at radius 1 is 1.06 bits per heavy atom. The second-order valence-corrected chi connectivity index (χ2v) is 3.80. The Hall–Kier alpha value is -1.60. The first-order valence-corrected chi connectivity index (χ1v) is 5.58. The van der Waals surface area contributed by atoms with Crippen LogP contribution in [0.3, 0.4) is 0 Å². The molecule has 0 aromatic heterocycles. The molecular weight excluding hydrogens is 220 g/mol. The smallest absolute Gasteiger partial charge is 0.150 e. The van der Waals surface area contributed by atoms with Gasteiger partial charge in [-0.1, -0.05) is 42.5 Å². The van der Waals surface area contributed by atoms with Crippen LogP contribution in [0.15, 0.2) is 48.5 Å². The SMILES string of the molecule is O=Cc1ccc(-c2ccccc2)c(CCl)c1. The molecule has 2 rings (SSSR count). The number of benzene rings is 2. The maximum atomic E-state index is 10.7. The molecule has 1 nitrogen and oxygen atoms in total. The average molecular weight is 231 g/mol. The number of halogens is 1. The van der Waals surface area contributed by atoms with Crippen molar-refractivity contribution in [2.75, 3.05) is 0 Å². The lowest BCUT2D eigenvalue weighted by molar-refractivity contribution is 0.112. The van der Waals surface area contributed by atoms with E-state index in [1.807, 2.05) is 48.5 Å². The Morgan fingerprint density at radius 3 is 2.44 bits per heavy atom. The van der Waals surface area contributed by atoms with Crippen molar-refractivity contribution in [2.24, 2.45) is 0 Å². The van der Waals surface area contributed by atoms with E-state index in [1.54, 1.807) is 0 Å². The summed E-state index contributed by atoms with van der Waals surface area (Å²) in [4.78, 5) is 10.7. The van der Waals surface area contributed by atoms with Gasteiger partial charge in [-0.15, -0.1) is 11.6 Å². The van der Waals surface area contributed by atoms with Crippen molar-refractivity contribution >= 4 is 17.9 Å². The van der Waals surface area contributed by atoms with Gasteiger partial charge in [-0.25, -0.2) is 0 Å². The summed E-state index contributed by atoms with van der Waals surface area (Å²) < 4.78 is 0. The minimum absolute atomic E-state index is 0.409. The van der Waals surface area contributed by atoms with Crippen molar-refractivity contribution in [2.45, 2.75) is 5.88 Å². The quantitative estimate of drug-likeness (QED) is 0.577. The second-order valence-electron chi connectivity index (χ2n) is 3.53. The summed E-state index contributed by atoms with van der Waals surface area (Å²) in [6.45, 7) is 0. The highest BCUT2D eigenvalue weighted by Crippen LogP contribution is 2.25. The van der Waals surface area contributed by atoms with Gasteiger partial charge in [0.1, 0.15) is 6.29 Å². The first kappa shape index (κ1) is 10.9. The summed E-state index contributed by atoms with van der Waals surface area (Å²) in [5, 5.41) is 0. The van der Waals surface area contributed by atoms with Gasteiger partial charge in [0.2, 0.25) is 0 Å². The predicted molar refractivity (Wildman–Crippen MR) is 66.8 cm³/mol. The molecule has 0 atom stereocenters. The highest BCUT2D eigenvalue weighted by molar-refractivity contribution is 6.17. The lowest BCUT2D eigenvalue weighted by Crippen LogP contribution is -1.89. The van der Waals surface area contributed by atoms with E-state index >= 15 is 0 Å². The molecule has 0 heterocycles. The van der Waals surface area contributed by atoms with Crippen molar-refractivity contribution < 1.29 is 4.79 Å². The highest BCUT2D eigenvalue weighted by atomic mass is 35.5. The maximum Gasteiger partial charge on any atom is 0.150 e. The molecule has 2 aromatic rings. The Kier molecular flexibility index (Phi) is 3.37. The summed E-state index contributed by atoms with van der Waals surface area (Å²) in [5.41, 5.74) is 3.85. The third-order valence-electron chi connectivity index (χ3n) is 2.49. The van der Waals surface area contributed by atoms with Crippen LogP contribution in [0.2, 0.25) is 0 Å². The van der Waals surface area contributed by atoms with E-state index in [0.29, 0.717) is 11.4 Å². The third-order valence-corrected chi connectivity index (χ3v) is 2.78. The average Bonchev–Trinajstić information content (AvgIpc) is 2.39. The molecule has 0 aliphatic carbocycles. The Labute approximate surface area is 99.7 Å². The normalized spacial score (nSPS) is 10.1. The highest BCUT2D eigenvalue weighted by Gasteiger charge is 2.04. The van der Waals surface area contributed by atoms with Gasteiger partial charge in [0.25, 0.3) is 0 Å². The van der Waals surface area contributed by atoms with Crippen LogP contribution in [-0.4, -0.2) is 6.29 Å². The van der Waals surface area contributed by atoms with Crippen LogP contribution in [0.25, 0.3) is 11.1 Å². The summed E-state index contributed by atoms with van der Waals surface area (Å²) in [7, 11) is 0. The molecule has 0 aliphatic heterocycles. The first-order chi connectivity index (χ1) is 7.85. The molecule has 0 fully saturated rings. The van der Waals surface area contributed by atoms with Gasteiger partial charge in [0, 0.05) is 11.4 Å². The summed E-state index contributed by atoms with van der Waals surface area (Å²) >= 11 is 5.89. The number of aldehydes is 1. The molecule has 80 valence electrons. The van der Waals surface area contributed by atoms with Crippen LogP contribution in [-0.2, 0) is 5.88 Å². The maximum absolute atomic E-state index is 10.7. The van der Waals surface area contributed by atoms with E-state index in [1.165, 1.54) is 0 Å². The monoisotopic (exact) mass is 230 g/mol. The molecule has 0 saturated heterocycles. The fourth-order valence-corrected chi connectivity index (χ4v) is 1.92. The van der Waals surface area contributed by atoms with Gasteiger partial charge < -0.3 is 0 Å². The predicted octanol–water partition coefficient (Wildman–Crippen LogP) is 3.90. The molecule has 2 heteroatoms. The van der Waals surface area contributed by atoms with Crippen molar-refractivity contribution in [1.29, 1.82) is 0 Å². The zero-order valence-corrected chi connectivity index (χ0v) is 9.45. The van der Waals surface area contributed by atoms with Crippen LogP contribution in [0.5, 0.6) is 0 Å². The molecular formula is C14H11ClO. The molecule has 0 amide bonds. The summed E-state index contributed by atoms with van der Waals surface area (Å²) in [6.07, 6.45) is 0.838. The summed E-state index contributed by atoms with van der Waals surface area (Å²) in [5.74, 6) is 0.409. The van der Waals surface area contributed by atoms with Crippen LogP contribution in [0, 0.1) is 0 Å². The Morgan fingerprint density at radius 2 is 1.81 bits per heavy atom. The molecule has 0 unspecified atom stereocenters. The third kappa shape index (κ3) is 2.15. The fraction of sp³-hybridized carbons (Fsp3) is 0.0714. The molecule has 0 aliphatic rings. The van der Waals surface area contributed by atoms with Gasteiger partial charge >= 0.3 is 0 Å². The van der Waals surface area contributed by atoms with Crippen LogP contribution in [0.1, 0.15) is 15.9 Å². The van der Waals surface area contributed by atoms with Crippen molar-refractivity contribution in [3.8, 4) is 11.1 Å². The Balaban J connectivity index is 2.53. The number of rotatable bonds is 3. The van der Waals surface area contributed by atoms with Gasteiger partial charge in [0.05, 0.1) is 0 Å². The van der Waals surface area contributed by atoms with E-state index in [4.69, 9.17) is 11.6 Å².